The summed E-state index contributed by atoms with van der Waals surface area (Å²) < 4.78 is 4.89. The molecule has 0 radical (unpaired) electrons. The second kappa shape index (κ2) is 57.5. The third-order valence-electron chi connectivity index (χ3n) is 11.2. The van der Waals surface area contributed by atoms with Crippen LogP contribution in [0.1, 0.15) is 292 Å². The van der Waals surface area contributed by atoms with Gasteiger partial charge in [-0.05, 0) is 70.1 Å². The molecule has 0 bridgehead atoms. The number of ether oxygens (including phenoxy) is 1. The van der Waals surface area contributed by atoms with Crippen molar-refractivity contribution in [1.29, 1.82) is 0 Å². The Kier molecular flexibility index (Phi) is 60.1. The number of hydrogen-bond donors (Lipinski definition) is 0. The first-order valence-electron chi connectivity index (χ1n) is 25.9. The molecule has 3 nitrogen and oxygen atoms in total. The minimum atomic E-state index is -0.160. The van der Waals surface area contributed by atoms with E-state index in [1.54, 1.807) is 0 Å². The van der Waals surface area contributed by atoms with E-state index in [0.29, 0.717) is 12.4 Å². The molecule has 0 aliphatic rings. The van der Waals surface area contributed by atoms with Crippen LogP contribution >= 0.6 is 0 Å². The van der Waals surface area contributed by atoms with E-state index in [4.69, 9.17) is 4.74 Å². The molecule has 0 N–H and O–H groups in total. The zero-order valence-corrected chi connectivity index (χ0v) is 40.7. The minimum Gasteiger partial charge on any atom is -0.466 e. The molecular formula is C55H106O3. The lowest BCUT2D eigenvalue weighted by molar-refractivity contribution is -0.141. The molecule has 0 rings (SSSR count). The predicted octanol–water partition coefficient (Wildman–Crippen LogP) is 19.3. The summed E-state index contributed by atoms with van der Waals surface area (Å²) in [6.45, 7) is 17.2. The molecule has 0 fully saturated rings. The van der Waals surface area contributed by atoms with Crippen molar-refractivity contribution in [3.8, 4) is 0 Å². The van der Waals surface area contributed by atoms with Crippen molar-refractivity contribution in [2.75, 3.05) is 6.61 Å². The van der Waals surface area contributed by atoms with Crippen LogP contribution in [-0.2, 0) is 14.3 Å². The van der Waals surface area contributed by atoms with E-state index in [1.807, 2.05) is 6.08 Å². The molecule has 0 saturated carbocycles. The lowest BCUT2D eigenvalue weighted by Crippen LogP contribution is -2.00. The van der Waals surface area contributed by atoms with Gasteiger partial charge in [-0.2, -0.15) is 0 Å². The van der Waals surface area contributed by atoms with Gasteiger partial charge in [-0.15, -0.1) is 6.58 Å². The number of ketones is 1. The van der Waals surface area contributed by atoms with Crippen LogP contribution in [0.15, 0.2) is 37.0 Å². The standard InChI is InChI=1S/C20H38O.C19H38.C16H30O2/c1-3-5-7-9-11-13-15-17-19-20(21)18-16-14-12-10-8-6-4-2;1-4-6-8-9-10-11-12-13-14-15-16-18-19(3)17-7-5-2;1-3-4-5-6-7-8-9-10-11-12-13-14-15-18-16(2)17/h13,15H,3-12,14,16-19H2,1-2H3;4,19H,1,5-18H2,2-3H3;4-5H,3,6-15H2,1-2H3. The molecule has 0 heterocycles. The van der Waals surface area contributed by atoms with Gasteiger partial charge in [0, 0.05) is 19.8 Å². The van der Waals surface area contributed by atoms with E-state index in [0.717, 1.165) is 44.4 Å². The topological polar surface area (TPSA) is 43.4 Å². The zero-order chi connectivity index (χ0) is 43.3. The molecule has 344 valence electrons. The summed E-state index contributed by atoms with van der Waals surface area (Å²) in [7, 11) is 0. The average molecular weight is 815 g/mol. The normalized spacial score (nSPS) is 11.6. The molecule has 0 amide bonds. The van der Waals surface area contributed by atoms with Gasteiger partial charge in [-0.3, -0.25) is 9.59 Å². The van der Waals surface area contributed by atoms with Gasteiger partial charge in [-0.25, -0.2) is 0 Å². The number of hydrogen-bond acceptors (Lipinski definition) is 3. The Morgan fingerprint density at radius 3 is 1.34 bits per heavy atom. The van der Waals surface area contributed by atoms with Gasteiger partial charge in [0.15, 0.2) is 0 Å². The first kappa shape index (κ1) is 60.7. The van der Waals surface area contributed by atoms with Crippen molar-refractivity contribution in [1.82, 2.24) is 0 Å². The van der Waals surface area contributed by atoms with Crippen LogP contribution in [0.3, 0.4) is 0 Å². The Bertz CT molecular complexity index is 842. The quantitative estimate of drug-likeness (QED) is 0.0350. The van der Waals surface area contributed by atoms with Crippen LogP contribution in [0.5, 0.6) is 0 Å². The number of rotatable bonds is 43. The SMILES string of the molecule is C=CCCCCCCCCCCCC(C)CCCC.CCC=CCCCCCCCCCCOC(C)=O.CCCCCCC=CCCC(=O)CCCCCCCCC. The molecule has 0 spiro atoms. The zero-order valence-electron chi connectivity index (χ0n) is 40.7. The van der Waals surface area contributed by atoms with Gasteiger partial charge in [0.25, 0.3) is 0 Å². The van der Waals surface area contributed by atoms with E-state index >= 15 is 0 Å². The summed E-state index contributed by atoms with van der Waals surface area (Å²) in [6, 6.07) is 0. The Hall–Kier alpha value is -1.64. The van der Waals surface area contributed by atoms with Crippen LogP contribution in [0, 0.1) is 5.92 Å². The van der Waals surface area contributed by atoms with E-state index in [2.05, 4.69) is 65.5 Å². The summed E-state index contributed by atoms with van der Waals surface area (Å²) in [5, 5.41) is 0. The molecule has 58 heavy (non-hydrogen) atoms. The smallest absolute Gasteiger partial charge is 0.302 e. The Morgan fingerprint density at radius 1 is 0.448 bits per heavy atom. The highest BCUT2D eigenvalue weighted by molar-refractivity contribution is 5.78. The monoisotopic (exact) mass is 815 g/mol. The van der Waals surface area contributed by atoms with E-state index in [1.165, 1.54) is 219 Å². The second-order valence-corrected chi connectivity index (χ2v) is 17.4. The van der Waals surface area contributed by atoms with Crippen molar-refractivity contribution >= 4 is 11.8 Å². The van der Waals surface area contributed by atoms with Gasteiger partial charge in [-0.1, -0.05) is 238 Å². The van der Waals surface area contributed by atoms with E-state index in [9.17, 15) is 9.59 Å². The average Bonchev–Trinajstić information content (AvgIpc) is 3.22. The highest BCUT2D eigenvalue weighted by Gasteiger charge is 2.02. The second-order valence-electron chi connectivity index (χ2n) is 17.4. The number of esters is 1. The summed E-state index contributed by atoms with van der Waals surface area (Å²) in [5.41, 5.74) is 0. The van der Waals surface area contributed by atoms with Crippen LogP contribution in [0.4, 0.5) is 0 Å². The van der Waals surface area contributed by atoms with E-state index in [-0.39, 0.29) is 5.97 Å². The van der Waals surface area contributed by atoms with Crippen LogP contribution < -0.4 is 0 Å². The van der Waals surface area contributed by atoms with Gasteiger partial charge < -0.3 is 4.74 Å². The molecule has 0 aliphatic heterocycles. The Morgan fingerprint density at radius 2 is 0.845 bits per heavy atom. The van der Waals surface area contributed by atoms with Crippen molar-refractivity contribution < 1.29 is 14.3 Å². The number of allylic oxidation sites excluding steroid dienone is 5. The van der Waals surface area contributed by atoms with Gasteiger partial charge in [0.05, 0.1) is 6.61 Å². The minimum absolute atomic E-state index is 0.160. The summed E-state index contributed by atoms with van der Waals surface area (Å²) >= 11 is 0. The highest BCUT2D eigenvalue weighted by atomic mass is 16.5. The molecule has 0 aromatic heterocycles. The summed E-state index contributed by atoms with van der Waals surface area (Å²) in [6.07, 6.45) is 61.6. The molecule has 0 aromatic rings. The van der Waals surface area contributed by atoms with Crippen molar-refractivity contribution in [3.05, 3.63) is 37.0 Å². The fourth-order valence-corrected chi connectivity index (χ4v) is 7.21. The van der Waals surface area contributed by atoms with Gasteiger partial charge in [0.2, 0.25) is 0 Å². The van der Waals surface area contributed by atoms with Crippen LogP contribution in [0.25, 0.3) is 0 Å². The van der Waals surface area contributed by atoms with Crippen molar-refractivity contribution in [2.45, 2.75) is 292 Å². The third kappa shape index (κ3) is 63.5. The van der Waals surface area contributed by atoms with Crippen LogP contribution in [0.2, 0.25) is 0 Å². The first-order chi connectivity index (χ1) is 28.4. The molecule has 1 unspecified atom stereocenters. The summed E-state index contributed by atoms with van der Waals surface area (Å²) in [4.78, 5) is 22.2. The number of carbonyl (C=O) groups excluding carboxylic acids is 2. The molecule has 1 atom stereocenters. The molecule has 0 aromatic carbocycles. The number of Topliss-reactive ketones (excluding diaryl/α,β-unsaturated/α-hetero) is 1. The molecule has 0 aliphatic carbocycles. The lowest BCUT2D eigenvalue weighted by Gasteiger charge is -2.10. The lowest BCUT2D eigenvalue weighted by atomic mass is 9.97. The summed E-state index contributed by atoms with van der Waals surface area (Å²) in [5.74, 6) is 1.26. The third-order valence-corrected chi connectivity index (χ3v) is 11.2. The van der Waals surface area contributed by atoms with Gasteiger partial charge >= 0.3 is 5.97 Å². The number of unbranched alkanes of at least 4 members (excludes halogenated alkanes) is 28. The highest BCUT2D eigenvalue weighted by Crippen LogP contribution is 2.18. The molecular weight excluding hydrogens is 709 g/mol. The Labute approximate surface area is 366 Å². The predicted molar refractivity (Wildman–Crippen MR) is 262 cm³/mol. The fourth-order valence-electron chi connectivity index (χ4n) is 7.21. The molecule has 0 saturated heterocycles. The maximum Gasteiger partial charge on any atom is 0.302 e. The van der Waals surface area contributed by atoms with Crippen molar-refractivity contribution in [2.24, 2.45) is 5.92 Å². The number of carbonyl (C=O) groups is 2. The van der Waals surface area contributed by atoms with Crippen LogP contribution in [-0.4, -0.2) is 18.4 Å². The maximum atomic E-state index is 11.7. The van der Waals surface area contributed by atoms with E-state index < -0.39 is 0 Å². The maximum absolute atomic E-state index is 11.7. The van der Waals surface area contributed by atoms with Gasteiger partial charge in [0.1, 0.15) is 5.78 Å². The first-order valence-corrected chi connectivity index (χ1v) is 25.9. The molecule has 3 heteroatoms. The Balaban J connectivity index is -0.000000785. The largest absolute Gasteiger partial charge is 0.466 e. The van der Waals surface area contributed by atoms with Crippen molar-refractivity contribution in [3.63, 3.8) is 0 Å². The fraction of sp³-hybridized carbons (Fsp3) is 0.855.